The molecule has 0 heterocycles. The molecule has 0 spiro atoms. The number of carbonyl (C=O) groups excluding carboxylic acids is 2. The van der Waals surface area contributed by atoms with Crippen LogP contribution in [0.15, 0.2) is 42.5 Å². The zero-order valence-electron chi connectivity index (χ0n) is 14.6. The maximum absolute atomic E-state index is 11.9. The van der Waals surface area contributed by atoms with Gasteiger partial charge in [0.1, 0.15) is 0 Å². The Hall–Kier alpha value is -2.33. The van der Waals surface area contributed by atoms with Crippen molar-refractivity contribution in [2.75, 3.05) is 6.61 Å². The molecule has 0 aliphatic heterocycles. The van der Waals surface area contributed by atoms with Crippen LogP contribution in [0.2, 0.25) is 5.02 Å². The van der Waals surface area contributed by atoms with Crippen LogP contribution < -0.4 is 5.32 Å². The van der Waals surface area contributed by atoms with Crippen LogP contribution in [0.3, 0.4) is 0 Å². The smallest absolute Gasteiger partial charge is 0.310 e. The van der Waals surface area contributed by atoms with E-state index in [1.54, 1.807) is 12.1 Å². The highest BCUT2D eigenvalue weighted by Crippen LogP contribution is 2.17. The third kappa shape index (κ3) is 5.91. The van der Waals surface area contributed by atoms with Crippen molar-refractivity contribution in [3.63, 3.8) is 0 Å². The van der Waals surface area contributed by atoms with Gasteiger partial charge in [-0.1, -0.05) is 41.9 Å². The second-order valence-corrected chi connectivity index (χ2v) is 6.54. The number of hydrogen-bond acceptors (Lipinski definition) is 3. The lowest BCUT2D eigenvalue weighted by atomic mass is 10.0. The number of benzene rings is 2. The normalized spacial score (nSPS) is 11.7. The third-order valence-electron chi connectivity index (χ3n) is 4.01. The number of hydrogen-bond donors (Lipinski definition) is 1. The number of carbonyl (C=O) groups is 2. The van der Waals surface area contributed by atoms with Gasteiger partial charge in [0.25, 0.3) is 5.91 Å². The van der Waals surface area contributed by atoms with Crippen LogP contribution >= 0.6 is 11.6 Å². The fourth-order valence-corrected chi connectivity index (χ4v) is 2.62. The van der Waals surface area contributed by atoms with Gasteiger partial charge in [-0.05, 0) is 55.2 Å². The Balaban J connectivity index is 1.80. The van der Waals surface area contributed by atoms with Crippen LogP contribution in [0.1, 0.15) is 35.2 Å². The first-order chi connectivity index (χ1) is 11.8. The summed E-state index contributed by atoms with van der Waals surface area (Å²) in [4.78, 5) is 23.8. The standard InChI is InChI=1S/C20H22ClNO3/c1-13-7-8-16(9-14(13)2)10-20(24)25-12-19(23)22-15(3)17-5-4-6-18(21)11-17/h4-9,11,15H,10,12H2,1-3H3,(H,22,23)/t15-/m1/s1. The summed E-state index contributed by atoms with van der Waals surface area (Å²) in [7, 11) is 0. The first kappa shape index (κ1) is 19.0. The van der Waals surface area contributed by atoms with Crippen LogP contribution in [0.5, 0.6) is 0 Å². The van der Waals surface area contributed by atoms with Crippen molar-refractivity contribution in [2.24, 2.45) is 0 Å². The van der Waals surface area contributed by atoms with E-state index in [9.17, 15) is 9.59 Å². The van der Waals surface area contributed by atoms with E-state index in [0.717, 1.165) is 16.7 Å². The molecule has 0 aromatic heterocycles. The molecular weight excluding hydrogens is 338 g/mol. The fourth-order valence-electron chi connectivity index (χ4n) is 2.42. The van der Waals surface area contributed by atoms with E-state index >= 15 is 0 Å². The van der Waals surface area contributed by atoms with Crippen molar-refractivity contribution >= 4 is 23.5 Å². The number of ether oxygens (including phenoxy) is 1. The molecule has 0 radical (unpaired) electrons. The number of aryl methyl sites for hydroxylation is 2. The molecule has 5 heteroatoms. The minimum atomic E-state index is -0.422. The first-order valence-electron chi connectivity index (χ1n) is 8.11. The quantitative estimate of drug-likeness (QED) is 0.795. The highest BCUT2D eigenvalue weighted by molar-refractivity contribution is 6.30. The second kappa shape index (κ2) is 8.67. The van der Waals surface area contributed by atoms with E-state index in [0.29, 0.717) is 5.02 Å². The summed E-state index contributed by atoms with van der Waals surface area (Å²) in [5.74, 6) is -0.769. The summed E-state index contributed by atoms with van der Waals surface area (Å²) in [5, 5.41) is 3.39. The van der Waals surface area contributed by atoms with Gasteiger partial charge in [-0.3, -0.25) is 9.59 Å². The Bertz CT molecular complexity index is 773. The molecule has 4 nitrogen and oxygen atoms in total. The van der Waals surface area contributed by atoms with Gasteiger partial charge in [0.15, 0.2) is 6.61 Å². The number of esters is 1. The molecule has 0 aliphatic carbocycles. The van der Waals surface area contributed by atoms with Gasteiger partial charge in [0.2, 0.25) is 0 Å². The van der Waals surface area contributed by atoms with Gasteiger partial charge in [0, 0.05) is 5.02 Å². The van der Waals surface area contributed by atoms with E-state index in [2.05, 4.69) is 5.32 Å². The van der Waals surface area contributed by atoms with E-state index < -0.39 is 5.97 Å². The van der Waals surface area contributed by atoms with Crippen molar-refractivity contribution < 1.29 is 14.3 Å². The highest BCUT2D eigenvalue weighted by Gasteiger charge is 2.13. The van der Waals surface area contributed by atoms with Crippen molar-refractivity contribution in [3.8, 4) is 0 Å². The molecule has 0 saturated carbocycles. The SMILES string of the molecule is Cc1ccc(CC(=O)OCC(=O)N[C@H](C)c2cccc(Cl)c2)cc1C. The molecule has 1 atom stereocenters. The van der Waals surface area contributed by atoms with Crippen LogP contribution in [-0.2, 0) is 20.7 Å². The van der Waals surface area contributed by atoms with Crippen molar-refractivity contribution in [3.05, 3.63) is 69.7 Å². The average molecular weight is 360 g/mol. The maximum Gasteiger partial charge on any atom is 0.310 e. The van der Waals surface area contributed by atoms with Crippen LogP contribution in [0, 0.1) is 13.8 Å². The number of amides is 1. The van der Waals surface area contributed by atoms with Gasteiger partial charge in [-0.15, -0.1) is 0 Å². The Morgan fingerprint density at radius 3 is 2.56 bits per heavy atom. The van der Waals surface area contributed by atoms with Gasteiger partial charge in [-0.2, -0.15) is 0 Å². The van der Waals surface area contributed by atoms with E-state index in [-0.39, 0.29) is 25.0 Å². The second-order valence-electron chi connectivity index (χ2n) is 6.10. The highest BCUT2D eigenvalue weighted by atomic mass is 35.5. The predicted molar refractivity (Wildman–Crippen MR) is 98.6 cm³/mol. The summed E-state index contributed by atoms with van der Waals surface area (Å²) in [6, 6.07) is 12.9. The molecular formula is C20H22ClNO3. The van der Waals surface area contributed by atoms with Gasteiger partial charge >= 0.3 is 5.97 Å². The molecule has 1 N–H and O–H groups in total. The molecule has 25 heavy (non-hydrogen) atoms. The van der Waals surface area contributed by atoms with Crippen LogP contribution in [-0.4, -0.2) is 18.5 Å². The summed E-state index contributed by atoms with van der Waals surface area (Å²) in [6.45, 7) is 5.56. The van der Waals surface area contributed by atoms with Crippen molar-refractivity contribution in [1.29, 1.82) is 0 Å². The monoisotopic (exact) mass is 359 g/mol. The topological polar surface area (TPSA) is 55.4 Å². The molecule has 0 unspecified atom stereocenters. The fraction of sp³-hybridized carbons (Fsp3) is 0.300. The summed E-state index contributed by atoms with van der Waals surface area (Å²) in [6.07, 6.45) is 0.151. The molecule has 2 aromatic rings. The van der Waals surface area contributed by atoms with E-state index in [1.807, 2.05) is 51.1 Å². The van der Waals surface area contributed by atoms with Crippen molar-refractivity contribution in [2.45, 2.75) is 33.2 Å². The zero-order valence-corrected chi connectivity index (χ0v) is 15.4. The third-order valence-corrected chi connectivity index (χ3v) is 4.25. The molecule has 0 saturated heterocycles. The summed E-state index contributed by atoms with van der Waals surface area (Å²) < 4.78 is 5.06. The lowest BCUT2D eigenvalue weighted by molar-refractivity contribution is -0.148. The number of halogens is 1. The number of nitrogens with one attached hydrogen (secondary N) is 1. The Morgan fingerprint density at radius 1 is 1.12 bits per heavy atom. The van der Waals surface area contributed by atoms with E-state index in [4.69, 9.17) is 16.3 Å². The van der Waals surface area contributed by atoms with Gasteiger partial charge < -0.3 is 10.1 Å². The summed E-state index contributed by atoms with van der Waals surface area (Å²) >= 11 is 5.94. The van der Waals surface area contributed by atoms with Gasteiger partial charge in [-0.25, -0.2) is 0 Å². The maximum atomic E-state index is 11.9. The van der Waals surface area contributed by atoms with Crippen molar-refractivity contribution in [1.82, 2.24) is 5.32 Å². The summed E-state index contributed by atoms with van der Waals surface area (Å²) in [5.41, 5.74) is 4.06. The van der Waals surface area contributed by atoms with Crippen LogP contribution in [0.25, 0.3) is 0 Å². The predicted octanol–water partition coefficient (Wildman–Crippen LogP) is 3.92. The minimum absolute atomic E-state index is 0.151. The molecule has 2 rings (SSSR count). The Labute approximate surface area is 153 Å². The molecule has 0 fully saturated rings. The average Bonchev–Trinajstić information content (AvgIpc) is 2.56. The number of rotatable bonds is 6. The van der Waals surface area contributed by atoms with Crippen LogP contribution in [0.4, 0.5) is 0 Å². The molecule has 2 aromatic carbocycles. The van der Waals surface area contributed by atoms with Gasteiger partial charge in [0.05, 0.1) is 12.5 Å². The largest absolute Gasteiger partial charge is 0.455 e. The lowest BCUT2D eigenvalue weighted by Crippen LogP contribution is -2.31. The lowest BCUT2D eigenvalue weighted by Gasteiger charge is -2.14. The molecule has 1 amide bonds. The first-order valence-corrected chi connectivity index (χ1v) is 8.49. The minimum Gasteiger partial charge on any atom is -0.455 e. The van der Waals surface area contributed by atoms with E-state index in [1.165, 1.54) is 5.56 Å². The Morgan fingerprint density at radius 2 is 1.88 bits per heavy atom. The molecule has 0 aliphatic rings. The zero-order chi connectivity index (χ0) is 18.4. The molecule has 132 valence electrons. The Kier molecular flexibility index (Phi) is 6.59. The molecule has 0 bridgehead atoms.